The van der Waals surface area contributed by atoms with Crippen molar-refractivity contribution in [1.82, 2.24) is 4.90 Å². The Hall–Kier alpha value is -2.64. The summed E-state index contributed by atoms with van der Waals surface area (Å²) in [4.78, 5) is 17.2. The van der Waals surface area contributed by atoms with Crippen molar-refractivity contribution in [1.29, 1.82) is 5.26 Å². The van der Waals surface area contributed by atoms with Crippen molar-refractivity contribution in [3.8, 4) is 6.07 Å². The molecular weight excluding hydrogens is 310 g/mol. The maximum Gasteiger partial charge on any atom is 0.238 e. The number of likely N-dealkylation sites (N-methyl/N-ethyl adjacent to an activating group) is 1. The predicted octanol–water partition coefficient (Wildman–Crippen LogP) is 3.07. The quantitative estimate of drug-likeness (QED) is 0.850. The van der Waals surface area contributed by atoms with Gasteiger partial charge in [-0.25, -0.2) is 0 Å². The number of carbonyl (C=O) groups excluding carboxylic acids is 1. The lowest BCUT2D eigenvalue weighted by atomic mass is 9.75. The van der Waals surface area contributed by atoms with E-state index in [-0.39, 0.29) is 5.91 Å². The molecule has 2 aromatic rings. The lowest BCUT2D eigenvalue weighted by molar-refractivity contribution is -0.125. The van der Waals surface area contributed by atoms with Crippen LogP contribution in [0, 0.1) is 11.3 Å². The van der Waals surface area contributed by atoms with E-state index in [2.05, 4.69) is 17.0 Å². The number of piperidine rings is 1. The maximum atomic E-state index is 13.1. The van der Waals surface area contributed by atoms with E-state index in [1.54, 1.807) is 0 Å². The number of anilines is 1. The van der Waals surface area contributed by atoms with Crippen molar-refractivity contribution in [3.05, 3.63) is 65.2 Å². The molecule has 4 heteroatoms. The Labute approximate surface area is 148 Å². The molecule has 0 unspecified atom stereocenters. The molecule has 4 rings (SSSR count). The molecule has 2 aromatic carbocycles. The average Bonchev–Trinajstić information content (AvgIpc) is 2.85. The predicted molar refractivity (Wildman–Crippen MR) is 97.2 cm³/mol. The minimum absolute atomic E-state index is 0.201. The van der Waals surface area contributed by atoms with E-state index in [0.29, 0.717) is 13.1 Å². The second kappa shape index (κ2) is 6.02. The van der Waals surface area contributed by atoms with Crippen molar-refractivity contribution in [2.45, 2.75) is 24.8 Å². The molecule has 2 aliphatic rings. The van der Waals surface area contributed by atoms with E-state index in [1.165, 1.54) is 0 Å². The van der Waals surface area contributed by atoms with Gasteiger partial charge in [-0.2, -0.15) is 5.26 Å². The summed E-state index contributed by atoms with van der Waals surface area (Å²) in [5, 5.41) is 9.33. The van der Waals surface area contributed by atoms with Crippen molar-refractivity contribution >= 4 is 11.6 Å². The zero-order chi connectivity index (χ0) is 17.4. The van der Waals surface area contributed by atoms with Gasteiger partial charge in [-0.15, -0.1) is 0 Å². The van der Waals surface area contributed by atoms with Gasteiger partial charge >= 0.3 is 0 Å². The number of hydrogen-bond acceptors (Lipinski definition) is 3. The minimum Gasteiger partial charge on any atom is -0.314 e. The SMILES string of the molecule is CN1C(=O)[C@@]2(CCCN(Cc3ccccc3C#N)C2)c2ccccc21. The third-order valence-corrected chi connectivity index (χ3v) is 5.60. The fraction of sp³-hybridized carbons (Fsp3) is 0.333. The maximum absolute atomic E-state index is 13.1. The molecule has 0 saturated carbocycles. The summed E-state index contributed by atoms with van der Waals surface area (Å²) in [6.45, 7) is 2.39. The van der Waals surface area contributed by atoms with Crippen LogP contribution in [0.2, 0.25) is 0 Å². The summed E-state index contributed by atoms with van der Waals surface area (Å²) < 4.78 is 0. The highest BCUT2D eigenvalue weighted by Crippen LogP contribution is 2.46. The van der Waals surface area contributed by atoms with E-state index in [9.17, 15) is 10.1 Å². The number of nitriles is 1. The number of carbonyl (C=O) groups is 1. The first kappa shape index (κ1) is 15.9. The second-order valence-corrected chi connectivity index (χ2v) is 7.05. The van der Waals surface area contributed by atoms with Crippen LogP contribution in [0.5, 0.6) is 0 Å². The lowest BCUT2D eigenvalue weighted by Gasteiger charge is -2.39. The summed E-state index contributed by atoms with van der Waals surface area (Å²) in [6, 6.07) is 18.2. The lowest BCUT2D eigenvalue weighted by Crippen LogP contribution is -2.51. The fourth-order valence-electron chi connectivity index (χ4n) is 4.40. The van der Waals surface area contributed by atoms with Gasteiger partial charge in [-0.3, -0.25) is 9.69 Å². The molecule has 0 N–H and O–H groups in total. The smallest absolute Gasteiger partial charge is 0.238 e. The first-order chi connectivity index (χ1) is 12.2. The van der Waals surface area contributed by atoms with Crippen LogP contribution in [0.25, 0.3) is 0 Å². The molecule has 2 heterocycles. The Balaban J connectivity index is 1.66. The summed E-state index contributed by atoms with van der Waals surface area (Å²) in [5.74, 6) is 0.201. The van der Waals surface area contributed by atoms with E-state index in [1.807, 2.05) is 54.4 Å². The monoisotopic (exact) mass is 331 g/mol. The molecule has 1 saturated heterocycles. The van der Waals surface area contributed by atoms with Gasteiger partial charge < -0.3 is 4.90 Å². The normalized spacial score (nSPS) is 22.9. The van der Waals surface area contributed by atoms with Gasteiger partial charge in [0.25, 0.3) is 0 Å². The van der Waals surface area contributed by atoms with Gasteiger partial charge in [0.15, 0.2) is 0 Å². The van der Waals surface area contributed by atoms with Crippen molar-refractivity contribution in [2.75, 3.05) is 25.0 Å². The number of benzene rings is 2. The van der Waals surface area contributed by atoms with Crippen molar-refractivity contribution in [2.24, 2.45) is 0 Å². The molecule has 0 aromatic heterocycles. The van der Waals surface area contributed by atoms with Crippen LogP contribution in [-0.2, 0) is 16.8 Å². The van der Waals surface area contributed by atoms with Crippen LogP contribution in [0.15, 0.2) is 48.5 Å². The molecule has 2 aliphatic heterocycles. The molecule has 4 nitrogen and oxygen atoms in total. The van der Waals surface area contributed by atoms with E-state index < -0.39 is 5.41 Å². The molecule has 25 heavy (non-hydrogen) atoms. The van der Waals surface area contributed by atoms with Crippen molar-refractivity contribution < 1.29 is 4.79 Å². The van der Waals surface area contributed by atoms with Gasteiger partial charge in [0.1, 0.15) is 0 Å². The molecule has 1 spiro atoms. The largest absolute Gasteiger partial charge is 0.314 e. The number of fused-ring (bicyclic) bond motifs is 2. The Morgan fingerprint density at radius 3 is 2.76 bits per heavy atom. The van der Waals surface area contributed by atoms with Gasteiger partial charge in [-0.1, -0.05) is 36.4 Å². The van der Waals surface area contributed by atoms with E-state index in [4.69, 9.17) is 0 Å². The fourth-order valence-corrected chi connectivity index (χ4v) is 4.40. The van der Waals surface area contributed by atoms with Gasteiger partial charge in [0, 0.05) is 25.8 Å². The highest BCUT2D eigenvalue weighted by molar-refractivity contribution is 6.08. The zero-order valence-electron chi connectivity index (χ0n) is 14.4. The average molecular weight is 331 g/mol. The molecule has 1 amide bonds. The molecular formula is C21H21N3O. The second-order valence-electron chi connectivity index (χ2n) is 7.05. The highest BCUT2D eigenvalue weighted by atomic mass is 16.2. The minimum atomic E-state index is -0.439. The number of likely N-dealkylation sites (tertiary alicyclic amines) is 1. The molecule has 0 radical (unpaired) electrons. The molecule has 0 aliphatic carbocycles. The first-order valence-electron chi connectivity index (χ1n) is 8.74. The van der Waals surface area contributed by atoms with Crippen LogP contribution < -0.4 is 4.90 Å². The van der Waals surface area contributed by atoms with Gasteiger partial charge in [-0.05, 0) is 42.6 Å². The van der Waals surface area contributed by atoms with Gasteiger partial charge in [0.2, 0.25) is 5.91 Å². The Morgan fingerprint density at radius 2 is 1.92 bits per heavy atom. The Morgan fingerprint density at radius 1 is 1.16 bits per heavy atom. The van der Waals surface area contributed by atoms with Crippen LogP contribution in [0.1, 0.15) is 29.5 Å². The number of hydrogen-bond donors (Lipinski definition) is 0. The number of amides is 1. The first-order valence-corrected chi connectivity index (χ1v) is 8.74. The molecule has 126 valence electrons. The number of nitrogens with zero attached hydrogens (tertiary/aromatic N) is 3. The number of rotatable bonds is 2. The van der Waals surface area contributed by atoms with Gasteiger partial charge in [0.05, 0.1) is 17.0 Å². The summed E-state index contributed by atoms with van der Waals surface area (Å²) in [6.07, 6.45) is 1.88. The molecule has 1 fully saturated rings. The van der Waals surface area contributed by atoms with Crippen molar-refractivity contribution in [3.63, 3.8) is 0 Å². The van der Waals surface area contributed by atoms with Crippen LogP contribution in [0.3, 0.4) is 0 Å². The summed E-state index contributed by atoms with van der Waals surface area (Å²) in [5.41, 5.74) is 3.50. The summed E-state index contributed by atoms with van der Waals surface area (Å²) >= 11 is 0. The van der Waals surface area contributed by atoms with E-state index in [0.717, 1.165) is 41.8 Å². The topological polar surface area (TPSA) is 47.3 Å². The molecule has 1 atom stereocenters. The van der Waals surface area contributed by atoms with Crippen LogP contribution >= 0.6 is 0 Å². The number of para-hydroxylation sites is 1. The Kier molecular flexibility index (Phi) is 3.82. The highest BCUT2D eigenvalue weighted by Gasteiger charge is 2.51. The Bertz CT molecular complexity index is 869. The standard InChI is InChI=1S/C21H21N3O/c1-23-19-10-5-4-9-18(19)21(20(23)25)11-6-12-24(15-21)14-17-8-3-2-7-16(17)13-22/h2-5,7-10H,6,11-12,14-15H2,1H3/t21-/m1/s1. The third-order valence-electron chi connectivity index (χ3n) is 5.60. The molecule has 0 bridgehead atoms. The van der Waals surface area contributed by atoms with Crippen LogP contribution in [0.4, 0.5) is 5.69 Å². The zero-order valence-corrected chi connectivity index (χ0v) is 14.4. The third kappa shape index (κ3) is 2.43. The van der Waals surface area contributed by atoms with Crippen LogP contribution in [-0.4, -0.2) is 30.9 Å². The summed E-state index contributed by atoms with van der Waals surface area (Å²) in [7, 11) is 1.87. The van der Waals surface area contributed by atoms with E-state index >= 15 is 0 Å².